The zero-order chi connectivity index (χ0) is 17.3. The first-order chi connectivity index (χ1) is 11.6. The maximum atomic E-state index is 12.4. The monoisotopic (exact) mass is 332 g/mol. The second-order valence-corrected chi connectivity index (χ2v) is 5.44. The predicted octanol–water partition coefficient (Wildman–Crippen LogP) is -0.472. The van der Waals surface area contributed by atoms with E-state index in [4.69, 9.17) is 21.3 Å². The smallest absolute Gasteiger partial charge is 0.294 e. The summed E-state index contributed by atoms with van der Waals surface area (Å²) in [4.78, 5) is 21.0. The highest BCUT2D eigenvalue weighted by Gasteiger charge is 2.23. The van der Waals surface area contributed by atoms with E-state index >= 15 is 0 Å². The quantitative estimate of drug-likeness (QED) is 0.641. The molecule has 2 aliphatic rings. The Morgan fingerprint density at radius 1 is 1.25 bits per heavy atom. The van der Waals surface area contributed by atoms with E-state index < -0.39 is 0 Å². The van der Waals surface area contributed by atoms with Crippen LogP contribution >= 0.6 is 0 Å². The number of aromatic nitrogens is 2. The van der Waals surface area contributed by atoms with Crippen molar-refractivity contribution < 1.29 is 9.84 Å². The average Bonchev–Trinajstić information content (AvgIpc) is 3.14. The average molecular weight is 332 g/mol. The van der Waals surface area contributed by atoms with Crippen LogP contribution in [0.25, 0.3) is 0 Å². The van der Waals surface area contributed by atoms with Crippen LogP contribution in [0.2, 0.25) is 0 Å². The minimum Gasteiger partial charge on any atom is -0.494 e. The van der Waals surface area contributed by atoms with E-state index in [2.05, 4.69) is 9.98 Å². The van der Waals surface area contributed by atoms with Gasteiger partial charge in [-0.1, -0.05) is 0 Å². The van der Waals surface area contributed by atoms with Gasteiger partial charge in [0.2, 0.25) is 0 Å². The van der Waals surface area contributed by atoms with Crippen LogP contribution in [0.15, 0.2) is 38.4 Å². The molecule has 0 spiro atoms. The van der Waals surface area contributed by atoms with Crippen molar-refractivity contribution in [2.75, 3.05) is 26.0 Å². The molecular weight excluding hydrogens is 312 g/mol. The topological polar surface area (TPSA) is 133 Å². The molecule has 0 atom stereocenters. The van der Waals surface area contributed by atoms with Gasteiger partial charge in [-0.25, -0.2) is 9.67 Å². The number of fused-ring (bicyclic) bond motifs is 1. The van der Waals surface area contributed by atoms with E-state index in [0.717, 1.165) is 6.42 Å². The van der Waals surface area contributed by atoms with Gasteiger partial charge in [-0.15, -0.1) is 0 Å². The molecule has 128 valence electrons. The summed E-state index contributed by atoms with van der Waals surface area (Å²) in [6, 6.07) is 0. The van der Waals surface area contributed by atoms with Gasteiger partial charge < -0.3 is 21.3 Å². The third-order valence-electron chi connectivity index (χ3n) is 3.93. The number of allylic oxidation sites excluding steroid dienone is 2. The summed E-state index contributed by atoms with van der Waals surface area (Å²) in [5, 5.41) is 8.89. The van der Waals surface area contributed by atoms with Crippen molar-refractivity contribution in [2.45, 2.75) is 19.5 Å². The number of hydrogen-bond acceptors (Lipinski definition) is 7. The fourth-order valence-electron chi connectivity index (χ4n) is 2.78. The van der Waals surface area contributed by atoms with Crippen LogP contribution in [0.1, 0.15) is 6.42 Å². The molecule has 0 radical (unpaired) electrons. The maximum Gasteiger partial charge on any atom is 0.294 e. The maximum absolute atomic E-state index is 12.4. The van der Waals surface area contributed by atoms with E-state index in [1.165, 1.54) is 7.11 Å². The van der Waals surface area contributed by atoms with Crippen LogP contribution < -0.4 is 17.0 Å². The van der Waals surface area contributed by atoms with Gasteiger partial charge in [-0.05, 0) is 12.5 Å². The minimum absolute atomic E-state index is 0.0707. The van der Waals surface area contributed by atoms with Crippen LogP contribution in [0.4, 0.5) is 11.5 Å². The zero-order valence-electron chi connectivity index (χ0n) is 13.4. The fourth-order valence-corrected chi connectivity index (χ4v) is 2.78. The second kappa shape index (κ2) is 6.36. The Bertz CT molecular complexity index is 840. The van der Waals surface area contributed by atoms with Gasteiger partial charge in [-0.2, -0.15) is 0 Å². The number of anilines is 1. The summed E-state index contributed by atoms with van der Waals surface area (Å²) < 4.78 is 8.61. The first kappa shape index (κ1) is 16.1. The molecule has 24 heavy (non-hydrogen) atoms. The van der Waals surface area contributed by atoms with Gasteiger partial charge in [0.15, 0.2) is 11.5 Å². The molecule has 9 heteroatoms. The van der Waals surface area contributed by atoms with Crippen molar-refractivity contribution >= 4 is 22.9 Å². The first-order valence-corrected chi connectivity index (χ1v) is 7.63. The van der Waals surface area contributed by atoms with E-state index in [0.29, 0.717) is 41.8 Å². The Balaban J connectivity index is 2.03. The Kier molecular flexibility index (Phi) is 4.26. The normalized spacial score (nSPS) is 20.2. The zero-order valence-corrected chi connectivity index (χ0v) is 13.4. The highest BCUT2D eigenvalue weighted by Crippen LogP contribution is 2.24. The standard InChI is InChI=1S/C15H20N6O3/c1-24-12-8-10(9(16)7-11(12)18-3-6-22)19-13-14(17)20-4-2-5-21(20)15(13)23/h7-8,22H,2-6,16-17H2,1H3/b18-11+,19-10+. The van der Waals surface area contributed by atoms with Gasteiger partial charge in [0.1, 0.15) is 11.5 Å². The summed E-state index contributed by atoms with van der Waals surface area (Å²) in [6.07, 6.45) is 4.10. The van der Waals surface area contributed by atoms with Crippen molar-refractivity contribution in [1.29, 1.82) is 0 Å². The molecule has 1 aromatic rings. The molecule has 5 N–H and O–H groups in total. The van der Waals surface area contributed by atoms with Gasteiger partial charge in [0.05, 0.1) is 31.7 Å². The van der Waals surface area contributed by atoms with Crippen molar-refractivity contribution in [2.24, 2.45) is 15.7 Å². The van der Waals surface area contributed by atoms with Crippen LogP contribution in [-0.2, 0) is 17.8 Å². The SMILES string of the molecule is COC1=CC(=N\c2c(N)n3n(c2=O)CCC3)/C(N)=CC/1=N\CCO. The summed E-state index contributed by atoms with van der Waals surface area (Å²) in [6.45, 7) is 1.51. The molecule has 0 amide bonds. The minimum atomic E-state index is -0.225. The number of nitrogens with zero attached hydrogens (tertiary/aromatic N) is 4. The largest absolute Gasteiger partial charge is 0.494 e. The Morgan fingerprint density at radius 3 is 2.67 bits per heavy atom. The lowest BCUT2D eigenvalue weighted by Crippen LogP contribution is -2.21. The highest BCUT2D eigenvalue weighted by atomic mass is 16.5. The lowest BCUT2D eigenvalue weighted by molar-refractivity contribution is 0.304. The molecule has 1 aliphatic heterocycles. The number of aliphatic hydroxyl groups excluding tert-OH is 1. The van der Waals surface area contributed by atoms with Crippen LogP contribution in [0.3, 0.4) is 0 Å². The van der Waals surface area contributed by atoms with Crippen molar-refractivity contribution in [3.63, 3.8) is 0 Å². The molecule has 0 unspecified atom stereocenters. The van der Waals surface area contributed by atoms with Gasteiger partial charge in [0.25, 0.3) is 5.56 Å². The number of hydrogen-bond donors (Lipinski definition) is 3. The second-order valence-electron chi connectivity index (χ2n) is 5.44. The molecule has 3 rings (SSSR count). The molecule has 0 bridgehead atoms. The predicted molar refractivity (Wildman–Crippen MR) is 91.6 cm³/mol. The number of rotatable bonds is 4. The summed E-state index contributed by atoms with van der Waals surface area (Å²) in [5.74, 6) is 0.798. The highest BCUT2D eigenvalue weighted by molar-refractivity contribution is 6.23. The van der Waals surface area contributed by atoms with E-state index in [9.17, 15) is 4.79 Å². The van der Waals surface area contributed by atoms with E-state index in [1.54, 1.807) is 21.5 Å². The number of methoxy groups -OCH3 is 1. The number of aliphatic imine (C=N–C) groups is 2. The third kappa shape index (κ3) is 2.62. The van der Waals surface area contributed by atoms with Gasteiger partial charge in [-0.3, -0.25) is 14.5 Å². The lowest BCUT2D eigenvalue weighted by Gasteiger charge is -2.14. The third-order valence-corrected chi connectivity index (χ3v) is 3.93. The number of ether oxygens (including phenoxy) is 1. The van der Waals surface area contributed by atoms with Gasteiger partial charge >= 0.3 is 0 Å². The van der Waals surface area contributed by atoms with Crippen molar-refractivity contribution in [3.8, 4) is 0 Å². The molecule has 0 aromatic carbocycles. The van der Waals surface area contributed by atoms with Crippen molar-refractivity contribution in [1.82, 2.24) is 9.36 Å². The Labute approximate surface area is 138 Å². The molecule has 1 aliphatic carbocycles. The Morgan fingerprint density at radius 2 is 2.00 bits per heavy atom. The molecular formula is C15H20N6O3. The van der Waals surface area contributed by atoms with E-state index in [1.807, 2.05) is 0 Å². The molecule has 2 heterocycles. The number of nitrogens with two attached hydrogens (primary N) is 2. The van der Waals surface area contributed by atoms with Gasteiger partial charge in [0, 0.05) is 19.2 Å². The van der Waals surface area contributed by atoms with Crippen LogP contribution in [-0.4, -0.2) is 46.2 Å². The summed E-state index contributed by atoms with van der Waals surface area (Å²) in [7, 11) is 1.50. The van der Waals surface area contributed by atoms with Crippen molar-refractivity contribution in [3.05, 3.63) is 34.0 Å². The lowest BCUT2D eigenvalue weighted by atomic mass is 10.1. The van der Waals surface area contributed by atoms with E-state index in [-0.39, 0.29) is 24.4 Å². The summed E-state index contributed by atoms with van der Waals surface area (Å²) >= 11 is 0. The molecule has 1 aromatic heterocycles. The number of nitrogen functional groups attached to an aromatic ring is 1. The van der Waals surface area contributed by atoms with Crippen LogP contribution in [0, 0.1) is 0 Å². The first-order valence-electron chi connectivity index (χ1n) is 7.63. The molecule has 0 saturated carbocycles. The summed E-state index contributed by atoms with van der Waals surface area (Å²) in [5.41, 5.74) is 13.3. The fraction of sp³-hybridized carbons (Fsp3) is 0.400. The molecule has 9 nitrogen and oxygen atoms in total. The van der Waals surface area contributed by atoms with Crippen LogP contribution in [0.5, 0.6) is 0 Å². The molecule has 0 fully saturated rings. The number of aliphatic hydroxyl groups is 1. The molecule has 0 saturated heterocycles. The Hall–Kier alpha value is -2.81.